The number of aliphatic hydroxyl groups is 1. The Labute approximate surface area is 103 Å². The molecule has 12 heteroatoms. The lowest BCUT2D eigenvalue weighted by Crippen LogP contribution is -2.51. The van der Waals surface area contributed by atoms with Gasteiger partial charge in [-0.3, -0.25) is 9.13 Å². The van der Waals surface area contributed by atoms with Crippen molar-refractivity contribution in [3.8, 4) is 0 Å². The van der Waals surface area contributed by atoms with Gasteiger partial charge in [0.05, 0.1) is 13.2 Å². The fourth-order valence-corrected chi connectivity index (χ4v) is 3.32. The quantitative estimate of drug-likeness (QED) is 0.162. The summed E-state index contributed by atoms with van der Waals surface area (Å²) >= 11 is 0. The van der Waals surface area contributed by atoms with E-state index in [4.69, 9.17) is 29.4 Å². The Hall–Kier alpha value is 0.140. The average molecular weight is 309 g/mol. The van der Waals surface area contributed by atoms with Crippen LogP contribution in [0.3, 0.4) is 0 Å². The van der Waals surface area contributed by atoms with Crippen LogP contribution in [0.15, 0.2) is 0 Å². The van der Waals surface area contributed by atoms with Gasteiger partial charge < -0.3 is 39.3 Å². The third-order valence-corrected chi connectivity index (χ3v) is 3.65. The van der Waals surface area contributed by atoms with Crippen molar-refractivity contribution in [3.05, 3.63) is 5.21 Å². The van der Waals surface area contributed by atoms with Crippen LogP contribution < -0.4 is 0 Å². The SMILES string of the molecule is CC(OCCO)[N+]([O-])(CP(=O)(O)O)CP(=O)(O)O. The van der Waals surface area contributed by atoms with Crippen molar-refractivity contribution in [2.24, 2.45) is 0 Å². The molecule has 0 aromatic heterocycles. The predicted molar refractivity (Wildman–Crippen MR) is 59.9 cm³/mol. The Morgan fingerprint density at radius 2 is 1.56 bits per heavy atom. The van der Waals surface area contributed by atoms with Crippen LogP contribution >= 0.6 is 15.2 Å². The highest BCUT2D eigenvalue weighted by Crippen LogP contribution is 2.45. The van der Waals surface area contributed by atoms with Gasteiger partial charge in [-0.25, -0.2) is 0 Å². The minimum atomic E-state index is -4.79. The van der Waals surface area contributed by atoms with E-state index in [9.17, 15) is 14.3 Å². The van der Waals surface area contributed by atoms with Crippen LogP contribution in [0.5, 0.6) is 0 Å². The first-order chi connectivity index (χ1) is 7.90. The fraction of sp³-hybridized carbons (Fsp3) is 1.00. The third kappa shape index (κ3) is 7.55. The first kappa shape index (κ1) is 18.1. The van der Waals surface area contributed by atoms with Crippen LogP contribution in [0.4, 0.5) is 0 Å². The molecule has 0 rings (SSSR count). The van der Waals surface area contributed by atoms with Crippen molar-refractivity contribution < 1.29 is 43.2 Å². The number of aliphatic hydroxyl groups excluding tert-OH is 1. The summed E-state index contributed by atoms with van der Waals surface area (Å²) in [6.45, 7) is 0.399. The Balaban J connectivity index is 5.02. The van der Waals surface area contributed by atoms with Gasteiger partial charge in [0.15, 0.2) is 18.8 Å². The van der Waals surface area contributed by atoms with Gasteiger partial charge in [0, 0.05) is 6.92 Å². The Morgan fingerprint density at radius 3 is 1.83 bits per heavy atom. The molecule has 0 aliphatic heterocycles. The van der Waals surface area contributed by atoms with Crippen LogP contribution in [-0.2, 0) is 13.9 Å². The van der Waals surface area contributed by atoms with Gasteiger partial charge in [0.25, 0.3) is 0 Å². The molecule has 18 heavy (non-hydrogen) atoms. The second-order valence-electron chi connectivity index (χ2n) is 3.76. The zero-order valence-electron chi connectivity index (χ0n) is 9.62. The second kappa shape index (κ2) is 6.53. The summed E-state index contributed by atoms with van der Waals surface area (Å²) in [7, 11) is -9.57. The Kier molecular flexibility index (Phi) is 6.59. The van der Waals surface area contributed by atoms with E-state index in [1.54, 1.807) is 0 Å². The van der Waals surface area contributed by atoms with Crippen LogP contribution in [-0.4, -0.2) is 61.3 Å². The van der Waals surface area contributed by atoms with E-state index in [0.29, 0.717) is 0 Å². The molecule has 1 atom stereocenters. The molecule has 0 aromatic rings. The molecular formula is C6H17NO9P2. The monoisotopic (exact) mass is 309 g/mol. The van der Waals surface area contributed by atoms with Crippen molar-refractivity contribution >= 4 is 15.2 Å². The van der Waals surface area contributed by atoms with Gasteiger partial charge in [-0.15, -0.1) is 0 Å². The largest absolute Gasteiger partial charge is 0.630 e. The van der Waals surface area contributed by atoms with Crippen LogP contribution in [0.1, 0.15) is 6.92 Å². The lowest BCUT2D eigenvalue weighted by atomic mass is 10.5. The zero-order chi connectivity index (χ0) is 14.6. The summed E-state index contributed by atoms with van der Waals surface area (Å²) in [6, 6.07) is 0. The molecular weight excluding hydrogens is 292 g/mol. The molecule has 10 nitrogen and oxygen atoms in total. The van der Waals surface area contributed by atoms with Crippen molar-refractivity contribution in [2.45, 2.75) is 13.2 Å². The molecule has 0 amide bonds. The highest BCUT2D eigenvalue weighted by molar-refractivity contribution is 7.52. The normalized spacial score (nSPS) is 15.7. The van der Waals surface area contributed by atoms with Crippen molar-refractivity contribution in [2.75, 3.05) is 25.8 Å². The lowest BCUT2D eigenvalue weighted by Gasteiger charge is -2.45. The summed E-state index contributed by atoms with van der Waals surface area (Å²) in [6.07, 6.45) is -4.06. The van der Waals surface area contributed by atoms with E-state index in [1.807, 2.05) is 0 Å². The molecule has 1 unspecified atom stereocenters. The second-order valence-corrected chi connectivity index (χ2v) is 6.98. The molecule has 0 spiro atoms. The average Bonchev–Trinajstić information content (AvgIpc) is 2.07. The van der Waals surface area contributed by atoms with Crippen molar-refractivity contribution in [3.63, 3.8) is 0 Å². The number of quaternary nitrogens is 1. The maximum absolute atomic E-state index is 12.1. The molecule has 0 saturated carbocycles. The molecule has 0 aliphatic rings. The summed E-state index contributed by atoms with van der Waals surface area (Å²) in [5.74, 6) is 0. The highest BCUT2D eigenvalue weighted by atomic mass is 31.2. The topological polar surface area (TPSA) is 168 Å². The molecule has 0 radical (unpaired) electrons. The molecule has 0 heterocycles. The fourth-order valence-electron chi connectivity index (χ4n) is 1.26. The molecule has 0 fully saturated rings. The van der Waals surface area contributed by atoms with Crippen LogP contribution in [0, 0.1) is 5.21 Å². The summed E-state index contributed by atoms with van der Waals surface area (Å²) in [5.41, 5.74) is 0. The van der Waals surface area contributed by atoms with E-state index < -0.39 is 45.2 Å². The summed E-state index contributed by atoms with van der Waals surface area (Å²) < 4.78 is 24.5. The third-order valence-electron chi connectivity index (χ3n) is 1.96. The zero-order valence-corrected chi connectivity index (χ0v) is 11.4. The van der Waals surface area contributed by atoms with E-state index in [2.05, 4.69) is 0 Å². The first-order valence-corrected chi connectivity index (χ1v) is 8.38. The molecule has 0 bridgehead atoms. The van der Waals surface area contributed by atoms with Crippen LogP contribution in [0.2, 0.25) is 0 Å². The van der Waals surface area contributed by atoms with Crippen LogP contribution in [0.25, 0.3) is 0 Å². The van der Waals surface area contributed by atoms with E-state index in [-0.39, 0.29) is 6.61 Å². The van der Waals surface area contributed by atoms with Gasteiger partial charge in [0.1, 0.15) is 0 Å². The molecule has 0 aromatic carbocycles. The van der Waals surface area contributed by atoms with Crippen molar-refractivity contribution in [1.82, 2.24) is 0 Å². The van der Waals surface area contributed by atoms with E-state index in [0.717, 1.165) is 6.92 Å². The summed E-state index contributed by atoms with van der Waals surface area (Å²) in [4.78, 5) is 35.0. The Morgan fingerprint density at radius 1 is 1.17 bits per heavy atom. The number of rotatable bonds is 8. The maximum Gasteiger partial charge on any atom is 0.379 e. The number of hydrogen-bond acceptors (Lipinski definition) is 5. The van der Waals surface area contributed by atoms with E-state index >= 15 is 0 Å². The minimum Gasteiger partial charge on any atom is -0.630 e. The lowest BCUT2D eigenvalue weighted by molar-refractivity contribution is -0.907. The maximum atomic E-state index is 12.1. The number of hydrogen-bond donors (Lipinski definition) is 5. The first-order valence-electron chi connectivity index (χ1n) is 4.79. The smallest absolute Gasteiger partial charge is 0.379 e. The molecule has 0 aliphatic carbocycles. The number of nitrogens with zero attached hydrogens (tertiary/aromatic N) is 1. The minimum absolute atomic E-state index is 0.286. The van der Waals surface area contributed by atoms with Crippen molar-refractivity contribution in [1.29, 1.82) is 0 Å². The number of ether oxygens (including phenoxy) is 1. The number of hydroxylamine groups is 3. The molecule has 110 valence electrons. The summed E-state index contributed by atoms with van der Waals surface area (Å²) in [5, 5.41) is 20.6. The van der Waals surface area contributed by atoms with Gasteiger partial charge in [0.2, 0.25) is 0 Å². The van der Waals surface area contributed by atoms with E-state index in [1.165, 1.54) is 0 Å². The molecule has 0 saturated heterocycles. The standard InChI is InChI=1S/C6H17NO9P2/c1-6(16-3-2-8)7(9,4-17(10,11)12)5-18(13,14)15/h6,8H,2-5H2,1H3,(H2,10,11,12)(H2,13,14,15). The Bertz CT molecular complexity index is 325. The van der Waals surface area contributed by atoms with Gasteiger partial charge in [-0.2, -0.15) is 0 Å². The highest BCUT2D eigenvalue weighted by Gasteiger charge is 2.39. The van der Waals surface area contributed by atoms with Gasteiger partial charge in [-0.1, -0.05) is 0 Å². The molecule has 5 N–H and O–H groups in total. The predicted octanol–water partition coefficient (Wildman–Crippen LogP) is -1.07. The van der Waals surface area contributed by atoms with Gasteiger partial charge in [-0.05, 0) is 0 Å². The van der Waals surface area contributed by atoms with Gasteiger partial charge >= 0.3 is 15.2 Å².